The van der Waals surface area contributed by atoms with Gasteiger partial charge in [0.2, 0.25) is 5.91 Å². The summed E-state index contributed by atoms with van der Waals surface area (Å²) in [7, 11) is 3.83. The second-order valence-corrected chi connectivity index (χ2v) is 7.10. The van der Waals surface area contributed by atoms with E-state index in [-0.39, 0.29) is 11.9 Å². The standard InChI is InChI=1S/C18H26N6O/c1-13(2)18-20-7-9-24(18)16-11-19-10-14(21-16)15-6-5-8-23(15)17(25)12-22(3)4/h7,9-11,13,15H,5-6,8,12H2,1-4H3/t15-/m0/s1. The van der Waals surface area contributed by atoms with Gasteiger partial charge in [0.25, 0.3) is 0 Å². The number of hydrogen-bond acceptors (Lipinski definition) is 5. The molecule has 0 aliphatic carbocycles. The molecule has 134 valence electrons. The fourth-order valence-corrected chi connectivity index (χ4v) is 3.32. The number of rotatable bonds is 5. The number of likely N-dealkylation sites (N-methyl/N-ethyl adjacent to an activating group) is 1. The first-order chi connectivity index (χ1) is 12.0. The third-order valence-electron chi connectivity index (χ3n) is 4.44. The molecule has 0 radical (unpaired) electrons. The summed E-state index contributed by atoms with van der Waals surface area (Å²) in [5.74, 6) is 2.15. The first kappa shape index (κ1) is 17.5. The van der Waals surface area contributed by atoms with Crippen LogP contribution in [0, 0.1) is 0 Å². The number of imidazole rings is 1. The molecule has 1 amide bonds. The average Bonchev–Trinajstić information content (AvgIpc) is 3.23. The topological polar surface area (TPSA) is 67.2 Å². The van der Waals surface area contributed by atoms with Crippen LogP contribution in [-0.2, 0) is 4.79 Å². The van der Waals surface area contributed by atoms with E-state index in [0.29, 0.717) is 12.5 Å². The van der Waals surface area contributed by atoms with E-state index in [2.05, 4.69) is 23.8 Å². The molecule has 1 aliphatic rings. The Kier molecular flexibility index (Phi) is 5.13. The van der Waals surface area contributed by atoms with Gasteiger partial charge < -0.3 is 9.80 Å². The SMILES string of the molecule is CC(C)c1nccn1-c1cncc([C@@H]2CCCN2C(=O)CN(C)C)n1. The number of carbonyl (C=O) groups is 1. The second kappa shape index (κ2) is 7.31. The third-order valence-corrected chi connectivity index (χ3v) is 4.44. The molecule has 2 aromatic heterocycles. The van der Waals surface area contributed by atoms with Gasteiger partial charge in [-0.1, -0.05) is 13.8 Å². The molecule has 7 heteroatoms. The van der Waals surface area contributed by atoms with Crippen LogP contribution < -0.4 is 0 Å². The van der Waals surface area contributed by atoms with Crippen LogP contribution in [0.15, 0.2) is 24.8 Å². The fraction of sp³-hybridized carbons (Fsp3) is 0.556. The molecule has 1 atom stereocenters. The largest absolute Gasteiger partial charge is 0.333 e. The van der Waals surface area contributed by atoms with Crippen molar-refractivity contribution < 1.29 is 4.79 Å². The highest BCUT2D eigenvalue weighted by atomic mass is 16.2. The Bertz CT molecular complexity index is 739. The predicted molar refractivity (Wildman–Crippen MR) is 95.5 cm³/mol. The summed E-state index contributed by atoms with van der Waals surface area (Å²) in [4.78, 5) is 30.0. The highest BCUT2D eigenvalue weighted by Crippen LogP contribution is 2.31. The number of nitrogens with zero attached hydrogens (tertiary/aromatic N) is 6. The fourth-order valence-electron chi connectivity index (χ4n) is 3.32. The number of hydrogen-bond donors (Lipinski definition) is 0. The van der Waals surface area contributed by atoms with Crippen LogP contribution in [0.25, 0.3) is 5.82 Å². The van der Waals surface area contributed by atoms with Crippen LogP contribution in [0.3, 0.4) is 0 Å². The summed E-state index contributed by atoms with van der Waals surface area (Å²) >= 11 is 0. The molecule has 0 unspecified atom stereocenters. The van der Waals surface area contributed by atoms with Gasteiger partial charge in [0.1, 0.15) is 5.82 Å². The van der Waals surface area contributed by atoms with Crippen LogP contribution in [0.2, 0.25) is 0 Å². The van der Waals surface area contributed by atoms with Gasteiger partial charge in [-0.25, -0.2) is 9.97 Å². The molecule has 0 saturated carbocycles. The molecule has 1 saturated heterocycles. The van der Waals surface area contributed by atoms with Crippen molar-refractivity contribution in [3.05, 3.63) is 36.3 Å². The lowest BCUT2D eigenvalue weighted by Crippen LogP contribution is -2.37. The zero-order valence-corrected chi connectivity index (χ0v) is 15.4. The van der Waals surface area contributed by atoms with Gasteiger partial charge in [0.15, 0.2) is 5.82 Å². The zero-order valence-electron chi connectivity index (χ0n) is 15.4. The van der Waals surface area contributed by atoms with E-state index in [9.17, 15) is 4.79 Å². The highest BCUT2D eigenvalue weighted by Gasteiger charge is 2.31. The Hall–Kier alpha value is -2.28. The first-order valence-electron chi connectivity index (χ1n) is 8.77. The Morgan fingerprint density at radius 3 is 2.88 bits per heavy atom. The first-order valence-corrected chi connectivity index (χ1v) is 8.77. The summed E-state index contributed by atoms with van der Waals surface area (Å²) in [5, 5.41) is 0. The second-order valence-electron chi connectivity index (χ2n) is 7.10. The summed E-state index contributed by atoms with van der Waals surface area (Å²) in [6.45, 7) is 5.41. The predicted octanol–water partition coefficient (Wildman–Crippen LogP) is 2.01. The lowest BCUT2D eigenvalue weighted by Gasteiger charge is -2.25. The maximum absolute atomic E-state index is 12.5. The van der Waals surface area contributed by atoms with E-state index in [1.807, 2.05) is 34.7 Å². The molecule has 25 heavy (non-hydrogen) atoms. The van der Waals surface area contributed by atoms with Crippen LogP contribution in [0.1, 0.15) is 50.2 Å². The molecule has 0 aromatic carbocycles. The Labute approximate surface area is 148 Å². The van der Waals surface area contributed by atoms with Crippen molar-refractivity contribution in [2.75, 3.05) is 27.2 Å². The molecule has 1 aliphatic heterocycles. The van der Waals surface area contributed by atoms with Crippen molar-refractivity contribution in [1.82, 2.24) is 29.3 Å². The van der Waals surface area contributed by atoms with Crippen LogP contribution >= 0.6 is 0 Å². The smallest absolute Gasteiger partial charge is 0.237 e. The lowest BCUT2D eigenvalue weighted by atomic mass is 10.1. The molecule has 1 fully saturated rings. The summed E-state index contributed by atoms with van der Waals surface area (Å²) in [5.41, 5.74) is 0.852. The normalized spacial score (nSPS) is 17.7. The third kappa shape index (κ3) is 3.71. The molecule has 0 N–H and O–H groups in total. The van der Waals surface area contributed by atoms with Gasteiger partial charge >= 0.3 is 0 Å². The van der Waals surface area contributed by atoms with Crippen molar-refractivity contribution in [3.63, 3.8) is 0 Å². The monoisotopic (exact) mass is 342 g/mol. The summed E-state index contributed by atoms with van der Waals surface area (Å²) in [6.07, 6.45) is 9.15. The Morgan fingerprint density at radius 2 is 2.16 bits per heavy atom. The summed E-state index contributed by atoms with van der Waals surface area (Å²) < 4.78 is 1.97. The molecule has 3 rings (SSSR count). The van der Waals surface area contributed by atoms with Crippen LogP contribution in [0.5, 0.6) is 0 Å². The molecule has 2 aromatic rings. The molecule has 0 spiro atoms. The average molecular weight is 342 g/mol. The molecular weight excluding hydrogens is 316 g/mol. The molecule has 0 bridgehead atoms. The summed E-state index contributed by atoms with van der Waals surface area (Å²) in [6, 6.07) is 0.00548. The lowest BCUT2D eigenvalue weighted by molar-refractivity contribution is -0.132. The van der Waals surface area contributed by atoms with Crippen molar-refractivity contribution in [2.45, 2.75) is 38.6 Å². The minimum absolute atomic E-state index is 0.00548. The highest BCUT2D eigenvalue weighted by molar-refractivity contribution is 5.79. The van der Waals surface area contributed by atoms with E-state index in [1.165, 1.54) is 0 Å². The Morgan fingerprint density at radius 1 is 1.36 bits per heavy atom. The minimum atomic E-state index is 0.00548. The van der Waals surface area contributed by atoms with E-state index in [0.717, 1.165) is 36.7 Å². The van der Waals surface area contributed by atoms with Gasteiger partial charge in [-0.2, -0.15) is 0 Å². The molecule has 7 nitrogen and oxygen atoms in total. The maximum Gasteiger partial charge on any atom is 0.237 e. The molecule has 3 heterocycles. The van der Waals surface area contributed by atoms with Gasteiger partial charge in [-0.15, -0.1) is 0 Å². The van der Waals surface area contributed by atoms with Gasteiger partial charge in [0.05, 0.1) is 30.7 Å². The number of amides is 1. The van der Waals surface area contributed by atoms with Crippen molar-refractivity contribution in [1.29, 1.82) is 0 Å². The number of carbonyl (C=O) groups excluding carboxylic acids is 1. The van der Waals surface area contributed by atoms with Crippen molar-refractivity contribution in [2.24, 2.45) is 0 Å². The van der Waals surface area contributed by atoms with E-state index >= 15 is 0 Å². The maximum atomic E-state index is 12.5. The van der Waals surface area contributed by atoms with Gasteiger partial charge in [-0.05, 0) is 26.9 Å². The van der Waals surface area contributed by atoms with Crippen molar-refractivity contribution >= 4 is 5.91 Å². The van der Waals surface area contributed by atoms with E-state index in [4.69, 9.17) is 4.98 Å². The van der Waals surface area contributed by atoms with Crippen molar-refractivity contribution in [3.8, 4) is 5.82 Å². The van der Waals surface area contributed by atoms with Gasteiger partial charge in [-0.3, -0.25) is 14.3 Å². The number of likely N-dealkylation sites (tertiary alicyclic amines) is 1. The minimum Gasteiger partial charge on any atom is -0.333 e. The Balaban J connectivity index is 1.88. The number of aromatic nitrogens is 4. The van der Waals surface area contributed by atoms with Crippen LogP contribution in [0.4, 0.5) is 0 Å². The van der Waals surface area contributed by atoms with Gasteiger partial charge in [0, 0.05) is 24.9 Å². The van der Waals surface area contributed by atoms with E-state index in [1.54, 1.807) is 18.6 Å². The zero-order chi connectivity index (χ0) is 18.0. The molecular formula is C18H26N6O. The van der Waals surface area contributed by atoms with Crippen LogP contribution in [-0.4, -0.2) is 62.4 Å². The quantitative estimate of drug-likeness (QED) is 0.831. The van der Waals surface area contributed by atoms with E-state index < -0.39 is 0 Å².